The minimum absolute atomic E-state index is 0.0246. The van der Waals surface area contributed by atoms with Crippen molar-refractivity contribution in [2.24, 2.45) is 0 Å². The van der Waals surface area contributed by atoms with E-state index in [1.165, 1.54) is 0 Å². The van der Waals surface area contributed by atoms with Crippen molar-refractivity contribution in [1.29, 1.82) is 0 Å². The lowest BCUT2D eigenvalue weighted by atomic mass is 9.98. The molecule has 3 aromatic carbocycles. The highest BCUT2D eigenvalue weighted by Gasteiger charge is 2.51. The van der Waals surface area contributed by atoms with Gasteiger partial charge < -0.3 is 42.0 Å². The first kappa shape index (κ1) is 30.1. The molecule has 0 N–H and O–H groups in total. The molecule has 0 amide bonds. The quantitative estimate of drug-likeness (QED) is 0.139. The van der Waals surface area contributed by atoms with Gasteiger partial charge in [0.15, 0.2) is 0 Å². The molecule has 0 spiro atoms. The standard InChI is InChI=1S/C36H39O10P/c1-16-31(38-16)22-10-7-13-25(28(22)34-19(4)41-34)44-47(37,45-26-14-8-11-23(32-17(2)39-32)29(26)35-20(5)42-35)46-27-15-9-12-24(33-18(3)40-33)30(27)36-21(6)43-36/h7-21,31-36H,1-6H3. The number of phosphoric acid groups is 1. The maximum atomic E-state index is 15.4. The van der Waals surface area contributed by atoms with Crippen molar-refractivity contribution in [2.75, 3.05) is 0 Å². The topological polar surface area (TPSA) is 120 Å². The van der Waals surface area contributed by atoms with Gasteiger partial charge in [0.1, 0.15) is 53.9 Å². The molecule has 0 bridgehead atoms. The molecule has 12 atom stereocenters. The second-order valence-corrected chi connectivity index (χ2v) is 15.0. The Morgan fingerprint density at radius 3 is 0.872 bits per heavy atom. The molecule has 6 fully saturated rings. The molecular formula is C36H39O10P. The van der Waals surface area contributed by atoms with Crippen LogP contribution < -0.4 is 13.6 Å². The van der Waals surface area contributed by atoms with Crippen molar-refractivity contribution >= 4 is 7.82 Å². The molecule has 6 aliphatic heterocycles. The number of ether oxygens (including phenoxy) is 6. The molecule has 47 heavy (non-hydrogen) atoms. The molecule has 9 rings (SSSR count). The Hall–Kier alpha value is -2.95. The fourth-order valence-corrected chi connectivity index (χ4v) is 8.31. The van der Waals surface area contributed by atoms with Gasteiger partial charge in [-0.3, -0.25) is 0 Å². The molecule has 12 unspecified atom stereocenters. The van der Waals surface area contributed by atoms with Gasteiger partial charge in [-0.25, -0.2) is 0 Å². The van der Waals surface area contributed by atoms with Gasteiger partial charge in [-0.15, -0.1) is 0 Å². The lowest BCUT2D eigenvalue weighted by Crippen LogP contribution is -2.12. The van der Waals surface area contributed by atoms with E-state index < -0.39 is 7.82 Å². The monoisotopic (exact) mass is 662 g/mol. The number of hydrogen-bond acceptors (Lipinski definition) is 10. The number of hydrogen-bond donors (Lipinski definition) is 0. The van der Waals surface area contributed by atoms with Gasteiger partial charge in [0.2, 0.25) is 0 Å². The van der Waals surface area contributed by atoms with E-state index >= 15 is 4.57 Å². The van der Waals surface area contributed by atoms with E-state index in [0.717, 1.165) is 33.4 Å². The Morgan fingerprint density at radius 2 is 0.660 bits per heavy atom. The van der Waals surface area contributed by atoms with Gasteiger partial charge in [-0.2, -0.15) is 4.57 Å². The highest BCUT2D eigenvalue weighted by molar-refractivity contribution is 7.49. The third-order valence-corrected chi connectivity index (χ3v) is 11.2. The van der Waals surface area contributed by atoms with Gasteiger partial charge in [-0.1, -0.05) is 36.4 Å². The molecule has 6 saturated heterocycles. The molecule has 10 nitrogen and oxygen atoms in total. The van der Waals surface area contributed by atoms with E-state index in [2.05, 4.69) is 0 Å². The van der Waals surface area contributed by atoms with Gasteiger partial charge in [0, 0.05) is 16.7 Å². The van der Waals surface area contributed by atoms with E-state index in [1.807, 2.05) is 77.9 Å². The summed E-state index contributed by atoms with van der Waals surface area (Å²) in [5.41, 5.74) is 5.22. The van der Waals surface area contributed by atoms with Gasteiger partial charge in [-0.05, 0) is 76.4 Å². The first-order valence-corrected chi connectivity index (χ1v) is 18.1. The SMILES string of the molecule is CC1OC1c1cccc(OP(=O)(Oc2cccc(C3OC3C)c2C2OC2C)Oc2cccc(C3OC3C)c2C2OC2C)c1C1OC1C. The third-order valence-electron chi connectivity index (χ3n) is 9.97. The lowest BCUT2D eigenvalue weighted by molar-refractivity contribution is 0.289. The first-order chi connectivity index (χ1) is 22.6. The summed E-state index contributed by atoms with van der Waals surface area (Å²) < 4.78 is 70.3. The van der Waals surface area contributed by atoms with Crippen molar-refractivity contribution < 1.29 is 46.6 Å². The van der Waals surface area contributed by atoms with Gasteiger partial charge in [0.25, 0.3) is 0 Å². The average molecular weight is 663 g/mol. The number of rotatable bonds is 12. The molecule has 0 radical (unpaired) electrons. The minimum atomic E-state index is -4.48. The zero-order valence-corrected chi connectivity index (χ0v) is 28.0. The molecule has 248 valence electrons. The summed E-state index contributed by atoms with van der Waals surface area (Å²) in [5.74, 6) is 1.09. The van der Waals surface area contributed by atoms with E-state index in [0.29, 0.717) is 17.2 Å². The first-order valence-electron chi connectivity index (χ1n) is 16.6. The van der Waals surface area contributed by atoms with Crippen LogP contribution in [0.4, 0.5) is 0 Å². The van der Waals surface area contributed by atoms with Crippen LogP contribution in [0.1, 0.15) is 112 Å². The van der Waals surface area contributed by atoms with Crippen molar-refractivity contribution in [2.45, 2.75) is 115 Å². The maximum Gasteiger partial charge on any atom is 0.647 e. The zero-order valence-electron chi connectivity index (χ0n) is 27.2. The van der Waals surface area contributed by atoms with Crippen LogP contribution >= 0.6 is 7.82 Å². The van der Waals surface area contributed by atoms with Crippen LogP contribution in [0.5, 0.6) is 17.2 Å². The fourth-order valence-electron chi connectivity index (χ4n) is 7.00. The van der Waals surface area contributed by atoms with E-state index in [4.69, 9.17) is 42.0 Å². The third kappa shape index (κ3) is 5.58. The maximum absolute atomic E-state index is 15.4. The summed E-state index contributed by atoms with van der Waals surface area (Å²) >= 11 is 0. The van der Waals surface area contributed by atoms with Crippen LogP contribution in [0.2, 0.25) is 0 Å². The normalized spacial score (nSPS) is 38.6. The second kappa shape index (κ2) is 10.8. The van der Waals surface area contributed by atoms with Crippen LogP contribution in [0.25, 0.3) is 0 Å². The zero-order chi connectivity index (χ0) is 32.4. The molecule has 0 saturated carbocycles. The minimum Gasteiger partial charge on any atom is -0.386 e. The van der Waals surface area contributed by atoms with Crippen molar-refractivity contribution in [3.8, 4) is 17.2 Å². The van der Waals surface area contributed by atoms with Crippen LogP contribution in [0.15, 0.2) is 54.6 Å². The molecule has 3 aromatic rings. The van der Waals surface area contributed by atoms with Crippen LogP contribution in [-0.2, 0) is 33.0 Å². The smallest absolute Gasteiger partial charge is 0.386 e. The summed E-state index contributed by atoms with van der Waals surface area (Å²) in [6.45, 7) is 12.1. The van der Waals surface area contributed by atoms with Crippen molar-refractivity contribution in [3.63, 3.8) is 0 Å². The Kier molecular flexibility index (Phi) is 6.91. The number of epoxide rings is 6. The Balaban J connectivity index is 1.15. The summed E-state index contributed by atoms with van der Waals surface area (Å²) in [6.07, 6.45) is -0.862. The van der Waals surface area contributed by atoms with Crippen LogP contribution in [0, 0.1) is 0 Å². The number of benzene rings is 3. The van der Waals surface area contributed by atoms with E-state index in [-0.39, 0.29) is 73.2 Å². The van der Waals surface area contributed by atoms with E-state index in [1.54, 1.807) is 18.2 Å². The average Bonchev–Trinajstić information content (AvgIpc) is 3.78. The summed E-state index contributed by atoms with van der Waals surface area (Å²) in [7, 11) is -4.48. The Bertz CT molecular complexity index is 1590. The predicted molar refractivity (Wildman–Crippen MR) is 169 cm³/mol. The molecule has 0 aromatic heterocycles. The number of phosphoric ester groups is 1. The highest BCUT2D eigenvalue weighted by Crippen LogP contribution is 2.60. The summed E-state index contributed by atoms with van der Waals surface area (Å²) in [5, 5.41) is 0. The Labute approximate surface area is 274 Å². The Morgan fingerprint density at radius 1 is 0.426 bits per heavy atom. The second-order valence-electron chi connectivity index (χ2n) is 13.6. The van der Waals surface area contributed by atoms with E-state index in [9.17, 15) is 0 Å². The lowest BCUT2D eigenvalue weighted by Gasteiger charge is -2.24. The molecule has 6 aliphatic rings. The molecule has 0 aliphatic carbocycles. The molecular weight excluding hydrogens is 623 g/mol. The van der Waals surface area contributed by atoms with Gasteiger partial charge in [0.05, 0.1) is 36.6 Å². The van der Waals surface area contributed by atoms with Crippen molar-refractivity contribution in [3.05, 3.63) is 88.0 Å². The molecule has 11 heteroatoms. The van der Waals surface area contributed by atoms with Crippen molar-refractivity contribution in [1.82, 2.24) is 0 Å². The predicted octanol–water partition coefficient (Wildman–Crippen LogP) is 8.09. The fraction of sp³-hybridized carbons (Fsp3) is 0.500. The van der Waals surface area contributed by atoms with Crippen LogP contribution in [-0.4, -0.2) is 36.6 Å². The molecule has 6 heterocycles. The van der Waals surface area contributed by atoms with Gasteiger partial charge >= 0.3 is 7.82 Å². The largest absolute Gasteiger partial charge is 0.647 e. The highest BCUT2D eigenvalue weighted by atomic mass is 31.2. The van der Waals surface area contributed by atoms with Crippen LogP contribution in [0.3, 0.4) is 0 Å². The summed E-state index contributed by atoms with van der Waals surface area (Å²) in [6, 6.07) is 17.0. The summed E-state index contributed by atoms with van der Waals surface area (Å²) in [4.78, 5) is 0.